The van der Waals surface area contributed by atoms with Crippen molar-refractivity contribution in [1.29, 1.82) is 0 Å². The first-order chi connectivity index (χ1) is 12.4. The van der Waals surface area contributed by atoms with Gasteiger partial charge >= 0.3 is 10.2 Å². The number of aromatic hydroxyl groups is 1. The van der Waals surface area contributed by atoms with Crippen molar-refractivity contribution in [3.8, 4) is 17.6 Å². The van der Waals surface area contributed by atoms with Crippen molar-refractivity contribution < 1.29 is 31.1 Å². The number of amides is 1. The van der Waals surface area contributed by atoms with Gasteiger partial charge in [0.1, 0.15) is 18.0 Å². The number of nitrogens with zero attached hydrogens (tertiary/aromatic N) is 1. The molecule has 1 atom stereocenters. The van der Waals surface area contributed by atoms with Crippen LogP contribution >= 0.6 is 15.9 Å². The Balaban J connectivity index is 2.37. The minimum absolute atomic E-state index is 0.0113. The van der Waals surface area contributed by atoms with Crippen LogP contribution in [0.25, 0.3) is 0 Å². The molecule has 1 unspecified atom stereocenters. The summed E-state index contributed by atoms with van der Waals surface area (Å²) in [7, 11) is -7.73. The zero-order chi connectivity index (χ0) is 20.4. The van der Waals surface area contributed by atoms with Gasteiger partial charge in [0.2, 0.25) is 10.0 Å². The third-order valence-electron chi connectivity index (χ3n) is 3.35. The Hall–Kier alpha value is -1.88. The van der Waals surface area contributed by atoms with Gasteiger partial charge in [0, 0.05) is 17.8 Å². The largest absolute Gasteiger partial charge is 0.506 e. The number of carbonyl (C=O) groups excluding carboxylic acids is 1. The van der Waals surface area contributed by atoms with Gasteiger partial charge in [0.25, 0.3) is 5.91 Å². The van der Waals surface area contributed by atoms with Gasteiger partial charge in [-0.05, 0) is 12.1 Å². The van der Waals surface area contributed by atoms with E-state index in [1.165, 1.54) is 0 Å². The lowest BCUT2D eigenvalue weighted by Gasteiger charge is -2.17. The summed E-state index contributed by atoms with van der Waals surface area (Å²) in [6, 6.07) is 2.20. The van der Waals surface area contributed by atoms with Crippen LogP contribution in [-0.2, 0) is 25.0 Å². The first kappa shape index (κ1) is 21.4. The fourth-order valence-electron chi connectivity index (χ4n) is 2.11. The van der Waals surface area contributed by atoms with E-state index in [0.717, 1.165) is 18.4 Å². The number of halogens is 2. The van der Waals surface area contributed by atoms with Crippen molar-refractivity contribution in [1.82, 2.24) is 9.44 Å². The minimum atomic E-state index is -4.31. The number of sulfonamides is 1. The van der Waals surface area contributed by atoms with Crippen molar-refractivity contribution in [3.05, 3.63) is 23.5 Å². The number of nitrogens with one attached hydrogen (secondary N) is 2. The van der Waals surface area contributed by atoms with Crippen LogP contribution < -0.4 is 13.7 Å². The van der Waals surface area contributed by atoms with E-state index in [2.05, 4.69) is 32.5 Å². The van der Waals surface area contributed by atoms with E-state index in [1.807, 2.05) is 0 Å². The Morgan fingerprint density at radius 3 is 2.67 bits per heavy atom. The first-order valence-electron chi connectivity index (χ1n) is 7.31. The van der Waals surface area contributed by atoms with Gasteiger partial charge in [0.05, 0.1) is 11.8 Å². The molecular formula is C14H15BrFN3O6S2. The summed E-state index contributed by atoms with van der Waals surface area (Å²) in [6.07, 6.45) is 0.990. The van der Waals surface area contributed by atoms with Crippen molar-refractivity contribution >= 4 is 47.8 Å². The van der Waals surface area contributed by atoms with Gasteiger partial charge in [-0.2, -0.15) is 8.42 Å². The second kappa shape index (κ2) is 8.01. The second-order valence-corrected chi connectivity index (χ2v) is 9.65. The molecule has 0 bridgehead atoms. The lowest BCUT2D eigenvalue weighted by molar-refractivity contribution is -0.117. The van der Waals surface area contributed by atoms with E-state index in [9.17, 15) is 31.1 Å². The molecular weight excluding hydrogens is 469 g/mol. The summed E-state index contributed by atoms with van der Waals surface area (Å²) < 4.78 is 65.2. The highest BCUT2D eigenvalue weighted by Gasteiger charge is 2.37. The lowest BCUT2D eigenvalue weighted by atomic mass is 10.1. The van der Waals surface area contributed by atoms with Crippen LogP contribution in [0.3, 0.4) is 0 Å². The molecule has 1 aliphatic heterocycles. The molecule has 0 aromatic heterocycles. The summed E-state index contributed by atoms with van der Waals surface area (Å²) >= 11 is 3.17. The summed E-state index contributed by atoms with van der Waals surface area (Å²) in [5.74, 6) is 2.03. The fraction of sp³-hybridized carbons (Fsp3) is 0.357. The number of alkyl halides is 1. The molecule has 1 saturated heterocycles. The molecule has 1 aromatic carbocycles. The maximum absolute atomic E-state index is 14.8. The molecule has 27 heavy (non-hydrogen) atoms. The van der Waals surface area contributed by atoms with Gasteiger partial charge in [-0.3, -0.25) is 4.79 Å². The Morgan fingerprint density at radius 2 is 2.15 bits per heavy atom. The summed E-state index contributed by atoms with van der Waals surface area (Å²) in [5, 5.41) is 10.2. The van der Waals surface area contributed by atoms with Crippen LogP contribution in [0, 0.1) is 23.6 Å². The number of phenols is 1. The summed E-state index contributed by atoms with van der Waals surface area (Å²) in [5.41, 5.74) is -0.910. The number of hydrogen-bond acceptors (Lipinski definition) is 6. The van der Waals surface area contributed by atoms with E-state index >= 15 is 0 Å². The third kappa shape index (κ3) is 5.32. The molecule has 1 fully saturated rings. The third-order valence-corrected chi connectivity index (χ3v) is 6.20. The van der Waals surface area contributed by atoms with Gasteiger partial charge in [-0.1, -0.05) is 27.8 Å². The number of phenolic OH excluding ortho intramolecular Hbond substituents is 1. The maximum atomic E-state index is 14.8. The van der Waals surface area contributed by atoms with Gasteiger partial charge in [-0.25, -0.2) is 26.6 Å². The van der Waals surface area contributed by atoms with E-state index in [4.69, 9.17) is 0 Å². The van der Waals surface area contributed by atoms with E-state index in [-0.39, 0.29) is 12.1 Å². The average molecular weight is 484 g/mol. The Labute approximate surface area is 164 Å². The molecule has 13 heteroatoms. The highest BCUT2D eigenvalue weighted by atomic mass is 79.9. The fourth-order valence-corrected chi connectivity index (χ4v) is 4.17. The molecule has 148 valence electrons. The molecule has 2 rings (SSSR count). The van der Waals surface area contributed by atoms with Crippen LogP contribution in [0.2, 0.25) is 0 Å². The predicted octanol–water partition coefficient (Wildman–Crippen LogP) is -0.376. The molecule has 1 heterocycles. The quantitative estimate of drug-likeness (QED) is 0.386. The topological polar surface area (TPSA) is 133 Å². The number of carbonyl (C=O) groups is 1. The van der Waals surface area contributed by atoms with E-state index in [1.54, 1.807) is 4.72 Å². The maximum Gasteiger partial charge on any atom is 0.326 e. The van der Waals surface area contributed by atoms with Crippen LogP contribution in [0.4, 0.5) is 10.1 Å². The van der Waals surface area contributed by atoms with Crippen LogP contribution in [-0.4, -0.2) is 52.5 Å². The van der Waals surface area contributed by atoms with E-state index in [0.29, 0.717) is 9.64 Å². The number of benzene rings is 1. The normalized spacial score (nSPS) is 17.1. The minimum Gasteiger partial charge on any atom is -0.506 e. The zero-order valence-electron chi connectivity index (χ0n) is 13.9. The highest BCUT2D eigenvalue weighted by molar-refractivity contribution is 9.09. The molecule has 0 aliphatic carbocycles. The smallest absolute Gasteiger partial charge is 0.326 e. The molecule has 0 radical (unpaired) electrons. The van der Waals surface area contributed by atoms with Gasteiger partial charge in [-0.15, -0.1) is 0 Å². The highest BCUT2D eigenvalue weighted by Crippen LogP contribution is 2.34. The molecule has 0 saturated carbocycles. The van der Waals surface area contributed by atoms with Gasteiger partial charge in [0.15, 0.2) is 5.82 Å². The molecule has 9 nitrogen and oxygen atoms in total. The SMILES string of the molecule is CS(=O)(=O)NCC(C#Cc1ccc(O)c(N2CC(=O)NS2(=O)=O)c1F)CBr. The van der Waals surface area contributed by atoms with E-state index < -0.39 is 55.9 Å². The first-order valence-corrected chi connectivity index (χ1v) is 11.8. The number of rotatable bonds is 5. The summed E-state index contributed by atoms with van der Waals surface area (Å²) in [4.78, 5) is 11.3. The second-order valence-electron chi connectivity index (χ2n) is 5.57. The van der Waals surface area contributed by atoms with Crippen LogP contribution in [0.5, 0.6) is 5.75 Å². The molecule has 1 amide bonds. The van der Waals surface area contributed by atoms with Crippen LogP contribution in [0.1, 0.15) is 5.56 Å². The Kier molecular flexibility index (Phi) is 6.35. The molecule has 1 aliphatic rings. The van der Waals surface area contributed by atoms with Gasteiger partial charge < -0.3 is 5.11 Å². The molecule has 1 aromatic rings. The Bertz CT molecular complexity index is 1030. The van der Waals surface area contributed by atoms with Crippen LogP contribution in [0.15, 0.2) is 12.1 Å². The average Bonchev–Trinajstić information content (AvgIpc) is 2.81. The monoisotopic (exact) mass is 483 g/mol. The van der Waals surface area contributed by atoms with Crippen molar-refractivity contribution in [2.24, 2.45) is 5.92 Å². The zero-order valence-corrected chi connectivity index (χ0v) is 17.1. The van der Waals surface area contributed by atoms with Crippen molar-refractivity contribution in [3.63, 3.8) is 0 Å². The standard InChI is InChI=1S/C14H15BrFN3O6S2/c1-26(22,23)17-7-9(6-15)2-3-10-4-5-11(20)14(13(10)16)19-8-12(21)18-27(19,24)25/h4-5,9,17,20H,6-8H2,1H3,(H,18,21). The predicted molar refractivity (Wildman–Crippen MR) is 99.5 cm³/mol. The van der Waals surface area contributed by atoms with Crippen molar-refractivity contribution in [2.75, 3.05) is 29.0 Å². The Morgan fingerprint density at radius 1 is 1.48 bits per heavy atom. The number of anilines is 1. The molecule has 3 N–H and O–H groups in total. The van der Waals surface area contributed by atoms with Crippen molar-refractivity contribution in [2.45, 2.75) is 0 Å². The summed E-state index contributed by atoms with van der Waals surface area (Å²) in [6.45, 7) is -0.686. The number of hydrogen-bond donors (Lipinski definition) is 3. The molecule has 0 spiro atoms. The lowest BCUT2D eigenvalue weighted by Crippen LogP contribution is -2.30.